The van der Waals surface area contributed by atoms with Crippen molar-refractivity contribution < 1.29 is 0 Å². The van der Waals surface area contributed by atoms with Gasteiger partial charge in [0.25, 0.3) is 0 Å². The largest absolute Gasteiger partial charge is 0.0997 e. The van der Waals surface area contributed by atoms with Crippen molar-refractivity contribution in [1.82, 2.24) is 0 Å². The average Bonchev–Trinajstić information content (AvgIpc) is 1.89. The molecule has 0 N–H and O–H groups in total. The summed E-state index contributed by atoms with van der Waals surface area (Å²) in [5.74, 6) is 3.64. The number of thiol groups is 1. The molecule has 0 saturated carbocycles. The van der Waals surface area contributed by atoms with Crippen LogP contribution in [0.3, 0.4) is 0 Å². The van der Waals surface area contributed by atoms with Crippen LogP contribution >= 0.6 is 53.9 Å². The number of rotatable bonds is 6. The lowest BCUT2D eigenvalue weighted by molar-refractivity contribution is 1.54. The first-order valence-corrected chi connectivity index (χ1v) is 8.45. The van der Waals surface area contributed by atoms with Crippen molar-refractivity contribution in [2.24, 2.45) is 0 Å². The molecule has 0 heterocycles. The lowest BCUT2D eigenvalue weighted by atomic mass is 11.0. The zero-order valence-corrected chi connectivity index (χ0v) is 9.36. The summed E-state index contributed by atoms with van der Waals surface area (Å²) in [5.41, 5.74) is 0. The summed E-state index contributed by atoms with van der Waals surface area (Å²) in [6, 6.07) is 0. The van der Waals surface area contributed by atoms with Crippen LogP contribution in [0, 0.1) is 0 Å². The van der Waals surface area contributed by atoms with E-state index >= 15 is 0 Å². The minimum atomic E-state index is 1.20. The molecule has 0 aromatic carbocycles. The summed E-state index contributed by atoms with van der Waals surface area (Å²) in [6.45, 7) is 2.18. The molecule has 0 aromatic heterocycles. The quantitative estimate of drug-likeness (QED) is 0.411. The highest BCUT2D eigenvalue weighted by atomic mass is 33.5. The van der Waals surface area contributed by atoms with E-state index in [1.807, 2.05) is 21.6 Å². The van der Waals surface area contributed by atoms with E-state index in [0.717, 1.165) is 0 Å². The Kier molecular flexibility index (Phi) is 11.6. The third-order valence-electron chi connectivity index (χ3n) is 0.504. The van der Waals surface area contributed by atoms with E-state index in [2.05, 4.69) is 18.6 Å². The third-order valence-corrected chi connectivity index (χ3v) is 5.48. The Hall–Kier alpha value is 1.75. The molecule has 0 radical (unpaired) electrons. The van der Waals surface area contributed by atoms with Gasteiger partial charge in [0, 0.05) is 17.3 Å². The second-order valence-electron chi connectivity index (χ2n) is 1.13. The first-order valence-electron chi connectivity index (χ1n) is 2.59. The van der Waals surface area contributed by atoms with E-state index in [4.69, 9.17) is 0 Å². The summed E-state index contributed by atoms with van der Waals surface area (Å²) in [4.78, 5) is 0. The monoisotopic (exact) mass is 218 g/mol. The second-order valence-corrected chi connectivity index (χ2v) is 7.29. The second kappa shape index (κ2) is 9.75. The molecular formula is C4H10S5. The van der Waals surface area contributed by atoms with E-state index in [0.29, 0.717) is 0 Å². The summed E-state index contributed by atoms with van der Waals surface area (Å²) in [7, 11) is 7.22. The standard InChI is InChI=1S/C4H10S5/c1-2-6-7-3-4-8-9-5/h5H,2-4H2,1H3. The van der Waals surface area contributed by atoms with Crippen LogP contribution in [0.25, 0.3) is 0 Å². The molecule has 0 aliphatic carbocycles. The van der Waals surface area contributed by atoms with Gasteiger partial charge in [-0.2, -0.15) is 0 Å². The highest BCUT2D eigenvalue weighted by Crippen LogP contribution is 2.28. The van der Waals surface area contributed by atoms with Crippen molar-refractivity contribution in [2.75, 3.05) is 17.3 Å². The van der Waals surface area contributed by atoms with Gasteiger partial charge in [0.15, 0.2) is 0 Å². The van der Waals surface area contributed by atoms with Gasteiger partial charge in [0.05, 0.1) is 0 Å². The summed E-state index contributed by atoms with van der Waals surface area (Å²) < 4.78 is 0. The summed E-state index contributed by atoms with van der Waals surface area (Å²) in [6.07, 6.45) is 0. The maximum atomic E-state index is 4.01. The Labute approximate surface area is 77.7 Å². The molecule has 0 bridgehead atoms. The first kappa shape index (κ1) is 10.8. The lowest BCUT2D eigenvalue weighted by Crippen LogP contribution is -1.76. The molecular weight excluding hydrogens is 208 g/mol. The fourth-order valence-corrected chi connectivity index (χ4v) is 4.12. The fourth-order valence-electron chi connectivity index (χ4n) is 0.248. The minimum Gasteiger partial charge on any atom is -0.0997 e. The van der Waals surface area contributed by atoms with Gasteiger partial charge in [-0.05, 0) is 9.83 Å². The molecule has 0 spiro atoms. The van der Waals surface area contributed by atoms with Gasteiger partial charge >= 0.3 is 0 Å². The Balaban J connectivity index is 2.60. The van der Waals surface area contributed by atoms with Gasteiger partial charge in [-0.25, -0.2) is 0 Å². The van der Waals surface area contributed by atoms with Crippen LogP contribution in [-0.2, 0) is 0 Å². The Morgan fingerprint density at radius 3 is 2.33 bits per heavy atom. The van der Waals surface area contributed by atoms with Gasteiger partial charge in [-0.1, -0.05) is 51.0 Å². The first-order chi connectivity index (χ1) is 4.41. The molecule has 0 amide bonds. The van der Waals surface area contributed by atoms with Crippen molar-refractivity contribution in [3.05, 3.63) is 0 Å². The average molecular weight is 218 g/mol. The Bertz CT molecular complexity index is 42.2. The smallest absolute Gasteiger partial charge is 0.0144 e. The van der Waals surface area contributed by atoms with E-state index in [9.17, 15) is 0 Å². The Morgan fingerprint density at radius 2 is 1.78 bits per heavy atom. The maximum Gasteiger partial charge on any atom is 0.0144 e. The molecule has 0 rings (SSSR count). The van der Waals surface area contributed by atoms with Crippen molar-refractivity contribution >= 4 is 53.9 Å². The summed E-state index contributed by atoms with van der Waals surface area (Å²) in [5, 5.41) is 0. The topological polar surface area (TPSA) is 0 Å². The van der Waals surface area contributed by atoms with Crippen molar-refractivity contribution in [2.45, 2.75) is 6.92 Å². The molecule has 0 atom stereocenters. The molecule has 0 saturated heterocycles. The highest BCUT2D eigenvalue weighted by Gasteiger charge is 1.87. The molecule has 0 nitrogen and oxygen atoms in total. The van der Waals surface area contributed by atoms with E-state index in [1.165, 1.54) is 17.3 Å². The van der Waals surface area contributed by atoms with Crippen LogP contribution in [0.15, 0.2) is 0 Å². The predicted molar refractivity (Wildman–Crippen MR) is 59.6 cm³/mol. The van der Waals surface area contributed by atoms with Gasteiger partial charge in [0.2, 0.25) is 0 Å². The zero-order valence-electron chi connectivity index (χ0n) is 5.20. The van der Waals surface area contributed by atoms with Crippen LogP contribution < -0.4 is 0 Å². The van der Waals surface area contributed by atoms with Gasteiger partial charge in [0.1, 0.15) is 0 Å². The molecule has 5 heteroatoms. The molecule has 0 fully saturated rings. The van der Waals surface area contributed by atoms with Crippen molar-refractivity contribution in [3.8, 4) is 0 Å². The highest BCUT2D eigenvalue weighted by molar-refractivity contribution is 9.05. The molecule has 0 aliphatic rings. The molecule has 9 heavy (non-hydrogen) atoms. The molecule has 0 unspecified atom stereocenters. The zero-order chi connectivity index (χ0) is 6.95. The van der Waals surface area contributed by atoms with Crippen LogP contribution in [0.1, 0.15) is 6.92 Å². The van der Waals surface area contributed by atoms with Crippen LogP contribution in [0.2, 0.25) is 0 Å². The van der Waals surface area contributed by atoms with E-state index in [-0.39, 0.29) is 0 Å². The maximum absolute atomic E-state index is 4.01. The number of hydrogen-bond donors (Lipinski definition) is 1. The molecule has 56 valence electrons. The van der Waals surface area contributed by atoms with Gasteiger partial charge in [-0.15, -0.1) is 0 Å². The van der Waals surface area contributed by atoms with E-state index < -0.39 is 0 Å². The third kappa shape index (κ3) is 9.75. The minimum absolute atomic E-state index is 1.20. The number of hydrogen-bond acceptors (Lipinski definition) is 5. The van der Waals surface area contributed by atoms with Crippen molar-refractivity contribution in [3.63, 3.8) is 0 Å². The SMILES string of the molecule is CCSSCCSSS. The van der Waals surface area contributed by atoms with Crippen LogP contribution in [0.4, 0.5) is 0 Å². The normalized spacial score (nSPS) is 10.0. The molecule has 0 aliphatic heterocycles. The van der Waals surface area contributed by atoms with Gasteiger partial charge in [-0.3, -0.25) is 0 Å². The Morgan fingerprint density at radius 1 is 1.11 bits per heavy atom. The van der Waals surface area contributed by atoms with Crippen molar-refractivity contribution in [1.29, 1.82) is 0 Å². The van der Waals surface area contributed by atoms with Crippen LogP contribution in [0.5, 0.6) is 0 Å². The predicted octanol–water partition coefficient (Wildman–Crippen LogP) is 3.61. The molecule has 0 aromatic rings. The van der Waals surface area contributed by atoms with E-state index in [1.54, 1.807) is 20.6 Å². The fraction of sp³-hybridized carbons (Fsp3) is 1.00. The lowest BCUT2D eigenvalue weighted by Gasteiger charge is -1.94. The van der Waals surface area contributed by atoms with Gasteiger partial charge < -0.3 is 0 Å². The summed E-state index contributed by atoms with van der Waals surface area (Å²) >= 11 is 4.01. The van der Waals surface area contributed by atoms with Crippen LogP contribution in [-0.4, -0.2) is 17.3 Å².